The van der Waals surface area contributed by atoms with Crippen LogP contribution in [0.15, 0.2) is 42.5 Å². The number of benzene rings is 2. The summed E-state index contributed by atoms with van der Waals surface area (Å²) in [6.45, 7) is 0.418. The number of hydrogen-bond acceptors (Lipinski definition) is 2. The van der Waals surface area contributed by atoms with E-state index in [1.54, 1.807) is 24.3 Å². The molecule has 0 saturated heterocycles. The fourth-order valence-electron chi connectivity index (χ4n) is 1.88. The molecular weight excluding hydrogens is 281 g/mol. The highest BCUT2D eigenvalue weighted by molar-refractivity contribution is 6.31. The molecule has 0 aromatic heterocycles. The highest BCUT2D eigenvalue weighted by atomic mass is 35.5. The molecule has 0 fully saturated rings. The summed E-state index contributed by atoms with van der Waals surface area (Å²) < 4.78 is 13.4. The number of carboxylic acids is 1. The van der Waals surface area contributed by atoms with E-state index < -0.39 is 5.97 Å². The molecule has 0 bridgehead atoms. The Labute approximate surface area is 121 Å². The molecule has 5 heteroatoms. The Morgan fingerprint density at radius 3 is 2.70 bits per heavy atom. The van der Waals surface area contributed by atoms with Crippen LogP contribution in [0, 0.1) is 5.82 Å². The van der Waals surface area contributed by atoms with Crippen LogP contribution in [0.25, 0.3) is 0 Å². The van der Waals surface area contributed by atoms with Crippen LogP contribution >= 0.6 is 11.6 Å². The SMILES string of the molecule is O=C(O)c1ccc(Cl)cc1NCCc1ccccc1F. The third-order valence-corrected chi connectivity index (χ3v) is 3.11. The molecule has 0 aliphatic heterocycles. The van der Waals surface area contributed by atoms with Gasteiger partial charge in [0, 0.05) is 11.6 Å². The molecule has 3 nitrogen and oxygen atoms in total. The Morgan fingerprint density at radius 1 is 1.25 bits per heavy atom. The Morgan fingerprint density at radius 2 is 2.00 bits per heavy atom. The molecule has 0 saturated carbocycles. The van der Waals surface area contributed by atoms with E-state index in [0.29, 0.717) is 29.2 Å². The van der Waals surface area contributed by atoms with Crippen molar-refractivity contribution in [2.45, 2.75) is 6.42 Å². The number of carbonyl (C=O) groups is 1. The summed E-state index contributed by atoms with van der Waals surface area (Å²) in [6.07, 6.45) is 0.457. The maximum absolute atomic E-state index is 13.4. The fourth-order valence-corrected chi connectivity index (χ4v) is 2.05. The van der Waals surface area contributed by atoms with E-state index in [1.807, 2.05) is 0 Å². The minimum atomic E-state index is -1.03. The number of hydrogen-bond donors (Lipinski definition) is 2. The van der Waals surface area contributed by atoms with Gasteiger partial charge in [-0.25, -0.2) is 9.18 Å². The average Bonchev–Trinajstić information content (AvgIpc) is 2.41. The molecule has 0 amide bonds. The van der Waals surface area contributed by atoms with Crippen molar-refractivity contribution >= 4 is 23.3 Å². The van der Waals surface area contributed by atoms with Gasteiger partial charge >= 0.3 is 5.97 Å². The summed E-state index contributed by atoms with van der Waals surface area (Å²) >= 11 is 5.85. The van der Waals surface area contributed by atoms with E-state index in [0.717, 1.165) is 0 Å². The van der Waals surface area contributed by atoms with Gasteiger partial charge in [-0.3, -0.25) is 0 Å². The van der Waals surface area contributed by atoms with Gasteiger partial charge in [0.1, 0.15) is 5.82 Å². The average molecular weight is 294 g/mol. The molecule has 0 aliphatic rings. The maximum atomic E-state index is 13.4. The molecule has 0 spiro atoms. The van der Waals surface area contributed by atoms with Gasteiger partial charge in [0.15, 0.2) is 0 Å². The molecule has 0 atom stereocenters. The van der Waals surface area contributed by atoms with E-state index in [9.17, 15) is 9.18 Å². The molecule has 2 N–H and O–H groups in total. The van der Waals surface area contributed by atoms with Gasteiger partial charge < -0.3 is 10.4 Å². The Bertz CT molecular complexity index is 631. The van der Waals surface area contributed by atoms with Crippen LogP contribution in [0.1, 0.15) is 15.9 Å². The van der Waals surface area contributed by atoms with Crippen molar-refractivity contribution in [1.29, 1.82) is 0 Å². The molecule has 0 heterocycles. The van der Waals surface area contributed by atoms with E-state index in [1.165, 1.54) is 18.2 Å². The van der Waals surface area contributed by atoms with Gasteiger partial charge in [-0.05, 0) is 36.2 Å². The second kappa shape index (κ2) is 6.39. The van der Waals surface area contributed by atoms with Crippen LogP contribution in [-0.2, 0) is 6.42 Å². The predicted octanol–water partition coefficient (Wildman–Crippen LogP) is 3.83. The van der Waals surface area contributed by atoms with E-state index in [-0.39, 0.29) is 11.4 Å². The number of carboxylic acid groups (broad SMARTS) is 1. The first kappa shape index (κ1) is 14.3. The molecule has 0 aliphatic carbocycles. The quantitative estimate of drug-likeness (QED) is 0.881. The zero-order valence-electron chi connectivity index (χ0n) is 10.6. The molecule has 2 aromatic rings. The van der Waals surface area contributed by atoms with Gasteiger partial charge in [-0.15, -0.1) is 0 Å². The first-order chi connectivity index (χ1) is 9.58. The standard InChI is InChI=1S/C15H13ClFNO2/c16-11-5-6-12(15(19)20)14(9-11)18-8-7-10-3-1-2-4-13(10)17/h1-6,9,18H,7-8H2,(H,19,20). The van der Waals surface area contributed by atoms with Crippen molar-refractivity contribution in [1.82, 2.24) is 0 Å². The van der Waals surface area contributed by atoms with Crippen molar-refractivity contribution in [2.75, 3.05) is 11.9 Å². The van der Waals surface area contributed by atoms with Crippen molar-refractivity contribution in [3.63, 3.8) is 0 Å². The van der Waals surface area contributed by atoms with Crippen LogP contribution in [-0.4, -0.2) is 17.6 Å². The molecule has 20 heavy (non-hydrogen) atoms. The van der Waals surface area contributed by atoms with Crippen LogP contribution in [0.3, 0.4) is 0 Å². The highest BCUT2D eigenvalue weighted by Gasteiger charge is 2.10. The van der Waals surface area contributed by atoms with Gasteiger partial charge in [-0.1, -0.05) is 29.8 Å². The van der Waals surface area contributed by atoms with Crippen LogP contribution < -0.4 is 5.32 Å². The molecule has 104 valence electrons. The van der Waals surface area contributed by atoms with Crippen LogP contribution in [0.4, 0.5) is 10.1 Å². The zero-order valence-corrected chi connectivity index (χ0v) is 11.3. The van der Waals surface area contributed by atoms with Crippen molar-refractivity contribution in [2.24, 2.45) is 0 Å². The summed E-state index contributed by atoms with van der Waals surface area (Å²) in [4.78, 5) is 11.1. The lowest BCUT2D eigenvalue weighted by Crippen LogP contribution is -2.10. The normalized spacial score (nSPS) is 10.3. The van der Waals surface area contributed by atoms with Crippen molar-refractivity contribution < 1.29 is 14.3 Å². The lowest BCUT2D eigenvalue weighted by molar-refractivity contribution is 0.0698. The molecule has 2 aromatic carbocycles. The Hall–Kier alpha value is -2.07. The van der Waals surface area contributed by atoms with E-state index >= 15 is 0 Å². The van der Waals surface area contributed by atoms with Gasteiger partial charge in [0.2, 0.25) is 0 Å². The molecular formula is C15H13ClFNO2. The number of halogens is 2. The lowest BCUT2D eigenvalue weighted by Gasteiger charge is -2.10. The monoisotopic (exact) mass is 293 g/mol. The summed E-state index contributed by atoms with van der Waals surface area (Å²) in [7, 11) is 0. The fraction of sp³-hybridized carbons (Fsp3) is 0.133. The third-order valence-electron chi connectivity index (χ3n) is 2.88. The third kappa shape index (κ3) is 3.48. The van der Waals surface area contributed by atoms with Crippen LogP contribution in [0.2, 0.25) is 5.02 Å². The number of aromatic carboxylic acids is 1. The Kier molecular flexibility index (Phi) is 4.58. The van der Waals surface area contributed by atoms with Crippen molar-refractivity contribution in [3.05, 3.63) is 64.4 Å². The topological polar surface area (TPSA) is 49.3 Å². The number of anilines is 1. The molecule has 0 radical (unpaired) electrons. The van der Waals surface area contributed by atoms with Gasteiger partial charge in [-0.2, -0.15) is 0 Å². The zero-order chi connectivity index (χ0) is 14.5. The molecule has 2 rings (SSSR count). The highest BCUT2D eigenvalue weighted by Crippen LogP contribution is 2.21. The summed E-state index contributed by atoms with van der Waals surface area (Å²) in [5.74, 6) is -1.30. The van der Waals surface area contributed by atoms with Gasteiger partial charge in [0.25, 0.3) is 0 Å². The largest absolute Gasteiger partial charge is 0.478 e. The molecule has 0 unspecified atom stereocenters. The minimum Gasteiger partial charge on any atom is -0.478 e. The summed E-state index contributed by atoms with van der Waals surface area (Å²) in [5.41, 5.74) is 1.16. The summed E-state index contributed by atoms with van der Waals surface area (Å²) in [6, 6.07) is 11.0. The van der Waals surface area contributed by atoms with E-state index in [4.69, 9.17) is 16.7 Å². The van der Waals surface area contributed by atoms with E-state index in [2.05, 4.69) is 5.32 Å². The maximum Gasteiger partial charge on any atom is 0.337 e. The second-order valence-corrected chi connectivity index (χ2v) is 4.70. The minimum absolute atomic E-state index is 0.142. The summed E-state index contributed by atoms with van der Waals surface area (Å²) in [5, 5.41) is 12.5. The van der Waals surface area contributed by atoms with Crippen molar-refractivity contribution in [3.8, 4) is 0 Å². The first-order valence-corrected chi connectivity index (χ1v) is 6.46. The Balaban J connectivity index is 2.06. The number of rotatable bonds is 5. The van der Waals surface area contributed by atoms with Crippen LogP contribution in [0.5, 0.6) is 0 Å². The lowest BCUT2D eigenvalue weighted by atomic mass is 10.1. The smallest absolute Gasteiger partial charge is 0.337 e. The second-order valence-electron chi connectivity index (χ2n) is 4.26. The predicted molar refractivity (Wildman–Crippen MR) is 77.0 cm³/mol. The van der Waals surface area contributed by atoms with Gasteiger partial charge in [0.05, 0.1) is 11.3 Å². The number of nitrogens with one attached hydrogen (secondary N) is 1. The first-order valence-electron chi connectivity index (χ1n) is 6.08.